The molecular formula is C11H7F3N4O2. The minimum Gasteiger partial charge on any atom is -0.402 e. The summed E-state index contributed by atoms with van der Waals surface area (Å²) in [5, 5.41) is 2.17. The topological polar surface area (TPSA) is 77.0 Å². The highest BCUT2D eigenvalue weighted by atomic mass is 19.4. The molecule has 6 nitrogen and oxygen atoms in total. The lowest BCUT2D eigenvalue weighted by Crippen LogP contribution is -2.20. The summed E-state index contributed by atoms with van der Waals surface area (Å²) in [5.74, 6) is -1.72. The van der Waals surface area contributed by atoms with Gasteiger partial charge in [0.25, 0.3) is 5.91 Å². The van der Waals surface area contributed by atoms with E-state index in [-0.39, 0.29) is 11.5 Å². The summed E-state index contributed by atoms with van der Waals surface area (Å²) in [4.78, 5) is 22.8. The zero-order valence-corrected chi connectivity index (χ0v) is 9.76. The predicted octanol–water partition coefficient (Wildman–Crippen LogP) is 2.02. The molecule has 9 heteroatoms. The van der Waals surface area contributed by atoms with E-state index in [4.69, 9.17) is 0 Å². The first-order chi connectivity index (χ1) is 9.46. The van der Waals surface area contributed by atoms with Crippen molar-refractivity contribution in [3.05, 3.63) is 42.6 Å². The molecule has 0 bridgehead atoms. The summed E-state index contributed by atoms with van der Waals surface area (Å²) < 4.78 is 40.3. The number of anilines is 1. The zero-order valence-electron chi connectivity index (χ0n) is 9.76. The minimum atomic E-state index is -4.88. The van der Waals surface area contributed by atoms with E-state index in [0.717, 1.165) is 6.07 Å². The molecular weight excluding hydrogens is 277 g/mol. The molecule has 0 aliphatic carbocycles. The molecule has 0 radical (unpaired) electrons. The molecule has 2 rings (SSSR count). The highest BCUT2D eigenvalue weighted by molar-refractivity contribution is 6.02. The third-order valence-corrected chi connectivity index (χ3v) is 2.02. The third-order valence-electron chi connectivity index (χ3n) is 2.02. The van der Waals surface area contributed by atoms with Crippen LogP contribution in [0.25, 0.3) is 0 Å². The number of hydrogen-bond acceptors (Lipinski definition) is 5. The average molecular weight is 284 g/mol. The molecule has 0 saturated heterocycles. The Morgan fingerprint density at radius 1 is 1.20 bits per heavy atom. The van der Waals surface area contributed by atoms with Gasteiger partial charge in [0.2, 0.25) is 0 Å². The van der Waals surface area contributed by atoms with Crippen LogP contribution in [0.3, 0.4) is 0 Å². The van der Waals surface area contributed by atoms with E-state index in [1.54, 1.807) is 0 Å². The van der Waals surface area contributed by atoms with Gasteiger partial charge in [-0.15, -0.1) is 13.2 Å². The van der Waals surface area contributed by atoms with Crippen LogP contribution in [0.15, 0.2) is 36.9 Å². The number of hydrogen-bond donors (Lipinski definition) is 1. The number of carbonyl (C=O) groups excluding carboxylic acids is 1. The maximum absolute atomic E-state index is 12.2. The Bertz CT molecular complexity index is 604. The Balaban J connectivity index is 2.20. The fourth-order valence-corrected chi connectivity index (χ4v) is 1.28. The molecule has 0 atom stereocenters. The van der Waals surface area contributed by atoms with Crippen LogP contribution in [-0.2, 0) is 0 Å². The number of halogens is 3. The van der Waals surface area contributed by atoms with Crippen molar-refractivity contribution < 1.29 is 22.7 Å². The highest BCUT2D eigenvalue weighted by Gasteiger charge is 2.32. The zero-order chi connectivity index (χ0) is 14.6. The van der Waals surface area contributed by atoms with Crippen LogP contribution >= 0.6 is 0 Å². The molecule has 104 valence electrons. The van der Waals surface area contributed by atoms with Crippen LogP contribution in [0.2, 0.25) is 0 Å². The smallest absolute Gasteiger partial charge is 0.402 e. The van der Waals surface area contributed by atoms with Crippen LogP contribution in [0.4, 0.5) is 19.0 Å². The van der Waals surface area contributed by atoms with Crippen LogP contribution in [0.5, 0.6) is 5.75 Å². The summed E-state index contributed by atoms with van der Waals surface area (Å²) in [6.07, 6.45) is 0.142. The lowest BCUT2D eigenvalue weighted by Gasteiger charge is -2.12. The van der Waals surface area contributed by atoms with Gasteiger partial charge >= 0.3 is 6.36 Å². The third kappa shape index (κ3) is 3.64. The van der Waals surface area contributed by atoms with Crippen LogP contribution in [-0.4, -0.2) is 27.2 Å². The summed E-state index contributed by atoms with van der Waals surface area (Å²) in [5.41, 5.74) is -0.0592. The molecule has 0 spiro atoms. The van der Waals surface area contributed by atoms with Gasteiger partial charge < -0.3 is 10.1 Å². The number of nitrogens with zero attached hydrogens (tertiary/aromatic N) is 3. The standard InChI is InChI=1S/C11H7F3N4O2/c12-11(13,14)20-8-2-1-3-17-9(8)18-10(19)7-6-15-4-5-16-7/h1-6H,(H,17,18,19). The average Bonchev–Trinajstić information content (AvgIpc) is 2.40. The van der Waals surface area contributed by atoms with Crippen molar-refractivity contribution in [1.29, 1.82) is 0 Å². The Hall–Kier alpha value is -2.71. The molecule has 20 heavy (non-hydrogen) atoms. The van der Waals surface area contributed by atoms with E-state index < -0.39 is 18.0 Å². The number of alkyl halides is 3. The van der Waals surface area contributed by atoms with E-state index in [1.165, 1.54) is 30.9 Å². The Morgan fingerprint density at radius 3 is 2.65 bits per heavy atom. The van der Waals surface area contributed by atoms with E-state index in [0.29, 0.717) is 0 Å². The molecule has 0 unspecified atom stereocenters. The van der Waals surface area contributed by atoms with Crippen molar-refractivity contribution in [2.75, 3.05) is 5.32 Å². The molecule has 2 heterocycles. The van der Waals surface area contributed by atoms with Gasteiger partial charge in [-0.3, -0.25) is 9.78 Å². The van der Waals surface area contributed by atoms with Gasteiger partial charge in [-0.2, -0.15) is 0 Å². The first-order valence-electron chi connectivity index (χ1n) is 5.24. The molecule has 0 aliphatic heterocycles. The SMILES string of the molecule is O=C(Nc1ncccc1OC(F)(F)F)c1cnccn1. The molecule has 2 aromatic rings. The van der Waals surface area contributed by atoms with Crippen LogP contribution < -0.4 is 10.1 Å². The summed E-state index contributed by atoms with van der Waals surface area (Å²) in [7, 11) is 0. The van der Waals surface area contributed by atoms with E-state index in [2.05, 4.69) is 25.0 Å². The maximum atomic E-state index is 12.2. The predicted molar refractivity (Wildman–Crippen MR) is 60.9 cm³/mol. The number of pyridine rings is 1. The summed E-state index contributed by atoms with van der Waals surface area (Å²) >= 11 is 0. The monoisotopic (exact) mass is 284 g/mol. The number of nitrogens with one attached hydrogen (secondary N) is 1. The quantitative estimate of drug-likeness (QED) is 0.933. The molecule has 1 N–H and O–H groups in total. The minimum absolute atomic E-state index is 0.0592. The van der Waals surface area contributed by atoms with Gasteiger partial charge in [0.1, 0.15) is 5.69 Å². The second kappa shape index (κ2) is 5.51. The number of aromatic nitrogens is 3. The lowest BCUT2D eigenvalue weighted by atomic mass is 10.4. The van der Waals surface area contributed by atoms with Crippen LogP contribution in [0, 0.1) is 0 Å². The Morgan fingerprint density at radius 2 is 2.00 bits per heavy atom. The van der Waals surface area contributed by atoms with Gasteiger partial charge in [-0.05, 0) is 12.1 Å². The highest BCUT2D eigenvalue weighted by Crippen LogP contribution is 2.28. The van der Waals surface area contributed by atoms with Gasteiger partial charge in [-0.1, -0.05) is 0 Å². The fraction of sp³-hybridized carbons (Fsp3) is 0.0909. The second-order valence-corrected chi connectivity index (χ2v) is 3.44. The van der Waals surface area contributed by atoms with Gasteiger partial charge in [0.15, 0.2) is 11.6 Å². The molecule has 0 fully saturated rings. The van der Waals surface area contributed by atoms with Crippen molar-refractivity contribution in [3.63, 3.8) is 0 Å². The van der Waals surface area contributed by atoms with Gasteiger partial charge in [0.05, 0.1) is 6.20 Å². The second-order valence-electron chi connectivity index (χ2n) is 3.44. The van der Waals surface area contributed by atoms with E-state index >= 15 is 0 Å². The lowest BCUT2D eigenvalue weighted by molar-refractivity contribution is -0.274. The maximum Gasteiger partial charge on any atom is 0.573 e. The fourth-order valence-electron chi connectivity index (χ4n) is 1.28. The van der Waals surface area contributed by atoms with Crippen LogP contribution in [0.1, 0.15) is 10.5 Å². The Kier molecular flexibility index (Phi) is 3.78. The van der Waals surface area contributed by atoms with Crippen molar-refractivity contribution in [2.45, 2.75) is 6.36 Å². The van der Waals surface area contributed by atoms with Crippen molar-refractivity contribution in [1.82, 2.24) is 15.0 Å². The largest absolute Gasteiger partial charge is 0.573 e. The number of carbonyl (C=O) groups is 1. The van der Waals surface area contributed by atoms with Crippen molar-refractivity contribution in [3.8, 4) is 5.75 Å². The molecule has 0 aromatic carbocycles. The molecule has 2 aromatic heterocycles. The van der Waals surface area contributed by atoms with E-state index in [1.807, 2.05) is 0 Å². The molecule has 1 amide bonds. The molecule has 0 saturated carbocycles. The van der Waals surface area contributed by atoms with E-state index in [9.17, 15) is 18.0 Å². The number of rotatable bonds is 3. The Labute approximate surface area is 110 Å². The van der Waals surface area contributed by atoms with Gasteiger partial charge in [0, 0.05) is 18.6 Å². The van der Waals surface area contributed by atoms with Gasteiger partial charge in [-0.25, -0.2) is 9.97 Å². The number of ether oxygens (including phenoxy) is 1. The van der Waals surface area contributed by atoms with Crippen molar-refractivity contribution >= 4 is 11.7 Å². The first-order valence-corrected chi connectivity index (χ1v) is 5.24. The summed E-state index contributed by atoms with van der Waals surface area (Å²) in [6.45, 7) is 0. The normalized spacial score (nSPS) is 10.9. The van der Waals surface area contributed by atoms with Crippen molar-refractivity contribution in [2.24, 2.45) is 0 Å². The first kappa shape index (κ1) is 13.7. The number of amides is 1. The summed E-state index contributed by atoms with van der Waals surface area (Å²) in [6, 6.07) is 2.28. The molecule has 0 aliphatic rings.